The van der Waals surface area contributed by atoms with Crippen molar-refractivity contribution in [2.45, 2.75) is 46.3 Å². The van der Waals surface area contributed by atoms with Crippen LogP contribution >= 0.6 is 35.3 Å². The number of para-hydroxylation sites is 1. The van der Waals surface area contributed by atoms with Gasteiger partial charge in [-0.25, -0.2) is 14.8 Å². The van der Waals surface area contributed by atoms with Gasteiger partial charge in [-0.05, 0) is 39.3 Å². The van der Waals surface area contributed by atoms with Crippen LogP contribution in [0.4, 0.5) is 0 Å². The van der Waals surface area contributed by atoms with Crippen LogP contribution in [-0.2, 0) is 11.2 Å². The zero-order valence-corrected chi connectivity index (χ0v) is 20.9. The molecule has 0 radical (unpaired) electrons. The summed E-state index contributed by atoms with van der Waals surface area (Å²) in [5.41, 5.74) is 1.92. The number of aromatic nitrogens is 1. The molecule has 1 aromatic heterocycles. The first-order chi connectivity index (χ1) is 14.0. The van der Waals surface area contributed by atoms with E-state index < -0.39 is 0 Å². The molecule has 1 aromatic carbocycles. The van der Waals surface area contributed by atoms with Crippen molar-refractivity contribution in [1.82, 2.24) is 15.6 Å². The van der Waals surface area contributed by atoms with Gasteiger partial charge in [0.15, 0.2) is 5.96 Å². The lowest BCUT2D eigenvalue weighted by atomic mass is 10.1. The molecule has 7 nitrogen and oxygen atoms in total. The van der Waals surface area contributed by atoms with Crippen LogP contribution in [-0.4, -0.2) is 42.7 Å². The van der Waals surface area contributed by atoms with Crippen molar-refractivity contribution in [2.75, 3.05) is 19.7 Å². The number of hydrogen-bond donors (Lipinski definition) is 2. The number of thiazole rings is 1. The summed E-state index contributed by atoms with van der Waals surface area (Å²) in [6, 6.07) is 8.01. The van der Waals surface area contributed by atoms with Crippen molar-refractivity contribution in [2.24, 2.45) is 4.99 Å². The van der Waals surface area contributed by atoms with Gasteiger partial charge in [0.25, 0.3) is 0 Å². The van der Waals surface area contributed by atoms with Gasteiger partial charge in [0.1, 0.15) is 21.7 Å². The first-order valence-electron chi connectivity index (χ1n) is 9.95. The van der Waals surface area contributed by atoms with Gasteiger partial charge in [0.2, 0.25) is 0 Å². The minimum Gasteiger partial charge on any atom is -0.488 e. The summed E-state index contributed by atoms with van der Waals surface area (Å²) in [5, 5.41) is 7.45. The van der Waals surface area contributed by atoms with Gasteiger partial charge in [0.05, 0.1) is 24.9 Å². The fourth-order valence-electron chi connectivity index (χ4n) is 3.12. The molecule has 9 heteroatoms. The highest BCUT2D eigenvalue weighted by Gasteiger charge is 2.23. The molecule has 2 unspecified atom stereocenters. The quantitative estimate of drug-likeness (QED) is 0.238. The second-order valence-electron chi connectivity index (χ2n) is 6.82. The Kier molecular flexibility index (Phi) is 9.35. The van der Waals surface area contributed by atoms with Crippen molar-refractivity contribution in [1.29, 1.82) is 0 Å². The first-order valence-corrected chi connectivity index (χ1v) is 10.8. The number of halogens is 1. The van der Waals surface area contributed by atoms with Crippen LogP contribution in [0.3, 0.4) is 0 Å². The summed E-state index contributed by atoms with van der Waals surface area (Å²) in [4.78, 5) is 21.8. The molecule has 0 saturated heterocycles. The van der Waals surface area contributed by atoms with Crippen LogP contribution in [0.5, 0.6) is 5.75 Å². The summed E-state index contributed by atoms with van der Waals surface area (Å²) in [5.74, 6) is 1.33. The van der Waals surface area contributed by atoms with Crippen molar-refractivity contribution in [3.63, 3.8) is 0 Å². The second-order valence-corrected chi connectivity index (χ2v) is 7.86. The van der Waals surface area contributed by atoms with Gasteiger partial charge < -0.3 is 20.1 Å². The van der Waals surface area contributed by atoms with Crippen molar-refractivity contribution < 1.29 is 14.3 Å². The van der Waals surface area contributed by atoms with E-state index in [1.54, 1.807) is 6.92 Å². The minimum absolute atomic E-state index is 0. The number of guanidine groups is 1. The molecule has 0 saturated carbocycles. The highest BCUT2D eigenvalue weighted by atomic mass is 127. The normalized spacial score (nSPS) is 16.1. The Balaban J connectivity index is 0.00000320. The smallest absolute Gasteiger partial charge is 0.350 e. The van der Waals surface area contributed by atoms with Gasteiger partial charge in [-0.2, -0.15) is 0 Å². The van der Waals surface area contributed by atoms with E-state index in [9.17, 15) is 4.79 Å². The molecule has 2 atom stereocenters. The van der Waals surface area contributed by atoms with Crippen LogP contribution in [0, 0.1) is 6.92 Å². The zero-order chi connectivity index (χ0) is 20.8. The largest absolute Gasteiger partial charge is 0.488 e. The Morgan fingerprint density at radius 2 is 2.17 bits per heavy atom. The Morgan fingerprint density at radius 3 is 2.87 bits per heavy atom. The van der Waals surface area contributed by atoms with Crippen LogP contribution < -0.4 is 15.4 Å². The maximum absolute atomic E-state index is 12.0. The van der Waals surface area contributed by atoms with E-state index in [4.69, 9.17) is 14.5 Å². The number of ether oxygens (including phenoxy) is 2. The van der Waals surface area contributed by atoms with E-state index in [1.807, 2.05) is 39.0 Å². The molecular weight excluding hydrogens is 515 g/mol. The van der Waals surface area contributed by atoms with Crippen LogP contribution in [0.15, 0.2) is 29.3 Å². The third kappa shape index (κ3) is 6.07. The lowest BCUT2D eigenvalue weighted by Crippen LogP contribution is -2.39. The van der Waals surface area contributed by atoms with E-state index in [1.165, 1.54) is 16.9 Å². The first kappa shape index (κ1) is 24.4. The zero-order valence-electron chi connectivity index (χ0n) is 17.7. The molecule has 2 heterocycles. The molecular formula is C21H29IN4O3S. The Labute approximate surface area is 198 Å². The fraction of sp³-hybridized carbons (Fsp3) is 0.476. The second kappa shape index (κ2) is 11.5. The molecule has 0 spiro atoms. The molecule has 0 amide bonds. The Morgan fingerprint density at radius 1 is 1.40 bits per heavy atom. The van der Waals surface area contributed by atoms with E-state index in [0.717, 1.165) is 23.7 Å². The maximum atomic E-state index is 12.0. The molecule has 1 aliphatic heterocycles. The number of fused-ring (bicyclic) bond motifs is 1. The number of nitrogens with zero attached hydrogens (tertiary/aromatic N) is 2. The number of carbonyl (C=O) groups excluding carboxylic acids is 1. The number of hydrogen-bond acceptors (Lipinski definition) is 6. The van der Waals surface area contributed by atoms with Gasteiger partial charge in [-0.15, -0.1) is 35.3 Å². The van der Waals surface area contributed by atoms with Crippen LogP contribution in [0.1, 0.15) is 52.7 Å². The lowest BCUT2D eigenvalue weighted by molar-refractivity contribution is 0.0531. The van der Waals surface area contributed by atoms with Gasteiger partial charge in [-0.1, -0.05) is 18.2 Å². The Hall–Kier alpha value is -1.88. The predicted molar refractivity (Wildman–Crippen MR) is 130 cm³/mol. The summed E-state index contributed by atoms with van der Waals surface area (Å²) < 4.78 is 11.1. The number of aliphatic imine (C=N–C) groups is 1. The minimum atomic E-state index is -0.320. The number of esters is 1. The van der Waals surface area contributed by atoms with Crippen molar-refractivity contribution >= 4 is 47.2 Å². The summed E-state index contributed by atoms with van der Waals surface area (Å²) in [6.45, 7) is 9.30. The number of carbonyl (C=O) groups is 1. The topological polar surface area (TPSA) is 84.8 Å². The average molecular weight is 544 g/mol. The molecule has 164 valence electrons. The molecule has 30 heavy (non-hydrogen) atoms. The van der Waals surface area contributed by atoms with Crippen molar-refractivity contribution in [3.8, 4) is 5.75 Å². The monoisotopic (exact) mass is 544 g/mol. The highest BCUT2D eigenvalue weighted by Crippen LogP contribution is 2.28. The van der Waals surface area contributed by atoms with E-state index in [2.05, 4.69) is 21.7 Å². The van der Waals surface area contributed by atoms with Gasteiger partial charge >= 0.3 is 5.97 Å². The molecule has 0 bridgehead atoms. The van der Waals surface area contributed by atoms with Gasteiger partial charge in [-0.3, -0.25) is 0 Å². The summed E-state index contributed by atoms with van der Waals surface area (Å²) >= 11 is 1.36. The number of rotatable bonds is 7. The average Bonchev–Trinajstić information content (AvgIpc) is 3.29. The van der Waals surface area contributed by atoms with Gasteiger partial charge in [0, 0.05) is 13.0 Å². The highest BCUT2D eigenvalue weighted by molar-refractivity contribution is 14.0. The number of nitrogens with one attached hydrogen (secondary N) is 2. The third-order valence-electron chi connectivity index (χ3n) is 4.51. The third-order valence-corrected chi connectivity index (χ3v) is 5.83. The molecule has 3 rings (SSSR count). The maximum Gasteiger partial charge on any atom is 0.350 e. The molecule has 0 aliphatic carbocycles. The lowest BCUT2D eigenvalue weighted by Gasteiger charge is -2.17. The van der Waals surface area contributed by atoms with Crippen LogP contribution in [0.2, 0.25) is 0 Å². The summed E-state index contributed by atoms with van der Waals surface area (Å²) in [6.07, 6.45) is 0.902. The van der Waals surface area contributed by atoms with Crippen molar-refractivity contribution in [3.05, 3.63) is 45.4 Å². The molecule has 0 fully saturated rings. The predicted octanol–water partition coefficient (Wildman–Crippen LogP) is 3.87. The molecule has 2 N–H and O–H groups in total. The number of benzene rings is 1. The Bertz CT molecular complexity index is 862. The van der Waals surface area contributed by atoms with E-state index >= 15 is 0 Å². The number of aryl methyl sites for hydroxylation is 1. The molecule has 1 aliphatic rings. The fourth-order valence-corrected chi connectivity index (χ4v) is 4.09. The van der Waals surface area contributed by atoms with E-state index in [0.29, 0.717) is 29.7 Å². The van der Waals surface area contributed by atoms with E-state index in [-0.39, 0.29) is 42.1 Å². The van der Waals surface area contributed by atoms with Crippen LogP contribution in [0.25, 0.3) is 0 Å². The standard InChI is InChI=1S/C21H28N4O3S.HI/c1-5-22-21(23-12-16-11-15-9-7-8-10-17(15)28-16)25-14(4)19-24-13(3)18(29-19)20(26)27-6-2;/h7-10,14,16H,5-6,11-12H2,1-4H3,(H2,22,23,25);1H. The summed E-state index contributed by atoms with van der Waals surface area (Å²) in [7, 11) is 0. The molecule has 2 aromatic rings. The SMILES string of the molecule is CCNC(=NCC1Cc2ccccc2O1)NC(C)c1nc(C)c(C(=O)OCC)s1.I.